The summed E-state index contributed by atoms with van der Waals surface area (Å²) in [6.45, 7) is 4.13. The summed E-state index contributed by atoms with van der Waals surface area (Å²) in [7, 11) is 0. The predicted molar refractivity (Wildman–Crippen MR) is 79.3 cm³/mol. The summed E-state index contributed by atoms with van der Waals surface area (Å²) in [6, 6.07) is 7.35. The topological polar surface area (TPSA) is 58.9 Å². The fourth-order valence-corrected chi connectivity index (χ4v) is 2.02. The maximum atomic E-state index is 9.25. The second kappa shape index (κ2) is 9.61. The normalized spacial score (nSPS) is 13.8. The first-order valence-electron chi connectivity index (χ1n) is 7.38. The SMILES string of the molecule is CCCC(CO)Oc1cccc(OC(CO)CCC)c1. The van der Waals surface area contributed by atoms with E-state index in [2.05, 4.69) is 13.8 Å². The van der Waals surface area contributed by atoms with Crippen LogP contribution in [0, 0.1) is 0 Å². The van der Waals surface area contributed by atoms with Crippen molar-refractivity contribution in [2.24, 2.45) is 0 Å². The summed E-state index contributed by atoms with van der Waals surface area (Å²) in [4.78, 5) is 0. The van der Waals surface area contributed by atoms with Crippen LogP contribution in [0.5, 0.6) is 11.5 Å². The number of rotatable bonds is 10. The van der Waals surface area contributed by atoms with Gasteiger partial charge >= 0.3 is 0 Å². The lowest BCUT2D eigenvalue weighted by Crippen LogP contribution is -2.22. The van der Waals surface area contributed by atoms with Gasteiger partial charge in [0.2, 0.25) is 0 Å². The van der Waals surface area contributed by atoms with E-state index in [1.807, 2.05) is 18.2 Å². The first-order valence-corrected chi connectivity index (χ1v) is 7.38. The molecule has 1 rings (SSSR count). The average molecular weight is 282 g/mol. The maximum Gasteiger partial charge on any atom is 0.123 e. The first-order chi connectivity index (χ1) is 9.73. The Balaban J connectivity index is 2.64. The summed E-state index contributed by atoms with van der Waals surface area (Å²) < 4.78 is 11.5. The molecule has 0 aliphatic carbocycles. The van der Waals surface area contributed by atoms with Crippen LogP contribution in [-0.2, 0) is 0 Å². The van der Waals surface area contributed by atoms with Crippen molar-refractivity contribution in [1.82, 2.24) is 0 Å². The van der Waals surface area contributed by atoms with E-state index in [0.29, 0.717) is 11.5 Å². The molecule has 2 atom stereocenters. The molecule has 0 heterocycles. The van der Waals surface area contributed by atoms with E-state index in [4.69, 9.17) is 9.47 Å². The second-order valence-corrected chi connectivity index (χ2v) is 4.90. The molecule has 0 fully saturated rings. The van der Waals surface area contributed by atoms with Gasteiger partial charge in [0.15, 0.2) is 0 Å². The van der Waals surface area contributed by atoms with Gasteiger partial charge in [0.25, 0.3) is 0 Å². The fourth-order valence-electron chi connectivity index (χ4n) is 2.02. The molecule has 0 aromatic heterocycles. The third-order valence-corrected chi connectivity index (χ3v) is 3.04. The minimum Gasteiger partial charge on any atom is -0.488 e. The summed E-state index contributed by atoms with van der Waals surface area (Å²) in [5.41, 5.74) is 0. The van der Waals surface area contributed by atoms with Crippen LogP contribution in [-0.4, -0.2) is 35.6 Å². The highest BCUT2D eigenvalue weighted by atomic mass is 16.5. The molecule has 4 nitrogen and oxygen atoms in total. The minimum atomic E-state index is -0.181. The van der Waals surface area contributed by atoms with Gasteiger partial charge in [-0.1, -0.05) is 32.8 Å². The highest BCUT2D eigenvalue weighted by Crippen LogP contribution is 2.23. The van der Waals surface area contributed by atoms with Gasteiger partial charge in [-0.25, -0.2) is 0 Å². The average Bonchev–Trinajstić information content (AvgIpc) is 2.46. The van der Waals surface area contributed by atoms with Gasteiger partial charge in [0.1, 0.15) is 23.7 Å². The zero-order valence-corrected chi connectivity index (χ0v) is 12.4. The van der Waals surface area contributed by atoms with Crippen LogP contribution in [0.25, 0.3) is 0 Å². The maximum absolute atomic E-state index is 9.25. The summed E-state index contributed by atoms with van der Waals surface area (Å²) >= 11 is 0. The number of aliphatic hydroxyl groups excluding tert-OH is 2. The Morgan fingerprint density at radius 3 is 1.70 bits per heavy atom. The van der Waals surface area contributed by atoms with Crippen LogP contribution in [0.3, 0.4) is 0 Å². The van der Waals surface area contributed by atoms with Crippen molar-refractivity contribution in [2.75, 3.05) is 13.2 Å². The molecule has 0 aliphatic heterocycles. The Kier molecular flexibility index (Phi) is 8.07. The zero-order valence-electron chi connectivity index (χ0n) is 12.4. The van der Waals surface area contributed by atoms with E-state index in [1.165, 1.54) is 0 Å². The lowest BCUT2D eigenvalue weighted by atomic mass is 10.2. The van der Waals surface area contributed by atoms with Gasteiger partial charge in [-0.15, -0.1) is 0 Å². The first kappa shape index (κ1) is 16.8. The van der Waals surface area contributed by atoms with Crippen LogP contribution in [0.1, 0.15) is 39.5 Å². The molecule has 0 amide bonds. The molecule has 0 aliphatic rings. The molecule has 2 unspecified atom stereocenters. The lowest BCUT2D eigenvalue weighted by molar-refractivity contribution is 0.101. The van der Waals surface area contributed by atoms with E-state index < -0.39 is 0 Å². The van der Waals surface area contributed by atoms with Crippen LogP contribution < -0.4 is 9.47 Å². The fraction of sp³-hybridized carbons (Fsp3) is 0.625. The van der Waals surface area contributed by atoms with Crippen LogP contribution in [0.15, 0.2) is 24.3 Å². The van der Waals surface area contributed by atoms with E-state index in [0.717, 1.165) is 25.7 Å². The van der Waals surface area contributed by atoms with Gasteiger partial charge in [0.05, 0.1) is 13.2 Å². The highest BCUT2D eigenvalue weighted by molar-refractivity contribution is 5.33. The Hall–Kier alpha value is -1.26. The van der Waals surface area contributed by atoms with Gasteiger partial charge in [-0.05, 0) is 25.0 Å². The smallest absolute Gasteiger partial charge is 0.123 e. The van der Waals surface area contributed by atoms with Gasteiger partial charge in [-0.2, -0.15) is 0 Å². The van der Waals surface area contributed by atoms with Crippen molar-refractivity contribution in [3.05, 3.63) is 24.3 Å². The lowest BCUT2D eigenvalue weighted by Gasteiger charge is -2.19. The molecular formula is C16H26O4. The minimum absolute atomic E-state index is 0.00796. The third-order valence-electron chi connectivity index (χ3n) is 3.04. The van der Waals surface area contributed by atoms with Crippen molar-refractivity contribution in [2.45, 2.75) is 51.7 Å². The van der Waals surface area contributed by atoms with Crippen LogP contribution in [0.4, 0.5) is 0 Å². The molecule has 0 radical (unpaired) electrons. The Morgan fingerprint density at radius 2 is 1.35 bits per heavy atom. The molecule has 0 saturated carbocycles. The Labute approximate surface area is 121 Å². The zero-order chi connectivity index (χ0) is 14.8. The molecule has 0 spiro atoms. The van der Waals surface area contributed by atoms with Crippen molar-refractivity contribution >= 4 is 0 Å². The van der Waals surface area contributed by atoms with Gasteiger partial charge in [-0.3, -0.25) is 0 Å². The molecule has 114 valence electrons. The van der Waals surface area contributed by atoms with E-state index >= 15 is 0 Å². The van der Waals surface area contributed by atoms with Crippen molar-refractivity contribution < 1.29 is 19.7 Å². The molecule has 0 bridgehead atoms. The second-order valence-electron chi connectivity index (χ2n) is 4.90. The Bertz CT molecular complexity index is 336. The molecule has 1 aromatic rings. The number of benzene rings is 1. The molecule has 20 heavy (non-hydrogen) atoms. The molecule has 0 saturated heterocycles. The standard InChI is InChI=1S/C16H26O4/c1-3-6-15(11-17)19-13-8-5-9-14(10-13)20-16(12-18)7-4-2/h5,8-10,15-18H,3-4,6-7,11-12H2,1-2H3. The number of aliphatic hydroxyl groups is 2. The van der Waals surface area contributed by atoms with E-state index in [1.54, 1.807) is 6.07 Å². The summed E-state index contributed by atoms with van der Waals surface area (Å²) in [5.74, 6) is 1.37. The predicted octanol–water partition coefficient (Wildman–Crippen LogP) is 2.77. The third kappa shape index (κ3) is 5.80. The van der Waals surface area contributed by atoms with Crippen molar-refractivity contribution in [3.8, 4) is 11.5 Å². The molecule has 2 N–H and O–H groups in total. The van der Waals surface area contributed by atoms with Crippen molar-refractivity contribution in [3.63, 3.8) is 0 Å². The quantitative estimate of drug-likeness (QED) is 0.693. The number of hydrogen-bond acceptors (Lipinski definition) is 4. The molecule has 4 heteroatoms. The highest BCUT2D eigenvalue weighted by Gasteiger charge is 2.11. The molecular weight excluding hydrogens is 256 g/mol. The summed E-state index contributed by atoms with van der Waals surface area (Å²) in [6.07, 6.45) is 3.20. The number of ether oxygens (including phenoxy) is 2. The molecule has 1 aromatic carbocycles. The van der Waals surface area contributed by atoms with Crippen molar-refractivity contribution in [1.29, 1.82) is 0 Å². The monoisotopic (exact) mass is 282 g/mol. The Morgan fingerprint density at radius 1 is 0.900 bits per heavy atom. The van der Waals surface area contributed by atoms with Crippen LogP contribution in [0.2, 0.25) is 0 Å². The van der Waals surface area contributed by atoms with E-state index in [-0.39, 0.29) is 25.4 Å². The van der Waals surface area contributed by atoms with E-state index in [9.17, 15) is 10.2 Å². The van der Waals surface area contributed by atoms with Crippen LogP contribution >= 0.6 is 0 Å². The number of hydrogen-bond donors (Lipinski definition) is 2. The van der Waals surface area contributed by atoms with Gasteiger partial charge in [0, 0.05) is 6.07 Å². The summed E-state index contributed by atoms with van der Waals surface area (Å²) in [5, 5.41) is 18.5. The van der Waals surface area contributed by atoms with Gasteiger partial charge < -0.3 is 19.7 Å². The largest absolute Gasteiger partial charge is 0.488 e.